The zero-order chi connectivity index (χ0) is 22.3. The molecule has 2 fully saturated rings. The van der Waals surface area contributed by atoms with Crippen molar-refractivity contribution < 1.29 is 24.6 Å². The highest BCUT2D eigenvalue weighted by Crippen LogP contribution is 2.48. The van der Waals surface area contributed by atoms with Crippen molar-refractivity contribution >= 4 is 28.7 Å². The maximum absolute atomic E-state index is 13.4. The van der Waals surface area contributed by atoms with E-state index in [4.69, 9.17) is 5.73 Å². The third-order valence-electron chi connectivity index (χ3n) is 7.23. The largest absolute Gasteiger partial charge is 0.477 e. The molecule has 4 rings (SSSR count). The summed E-state index contributed by atoms with van der Waals surface area (Å²) in [5.41, 5.74) is 5.56. The lowest BCUT2D eigenvalue weighted by atomic mass is 9.60. The first-order chi connectivity index (χ1) is 14.8. The second-order valence-electron chi connectivity index (χ2n) is 8.85. The normalized spacial score (nSPS) is 28.5. The van der Waals surface area contributed by atoms with Crippen molar-refractivity contribution in [3.05, 3.63) is 35.5 Å². The number of hydrogen-bond acceptors (Lipinski definition) is 4. The topological polar surface area (TPSA) is 135 Å². The van der Waals surface area contributed by atoms with Crippen molar-refractivity contribution in [2.24, 2.45) is 18.7 Å². The van der Waals surface area contributed by atoms with Crippen LogP contribution in [0.5, 0.6) is 0 Å². The first-order valence-electron chi connectivity index (χ1n) is 10.9. The van der Waals surface area contributed by atoms with Crippen molar-refractivity contribution in [3.63, 3.8) is 0 Å². The monoisotopic (exact) mass is 427 g/mol. The van der Waals surface area contributed by atoms with Gasteiger partial charge < -0.3 is 25.8 Å². The molecule has 8 nitrogen and oxygen atoms in total. The van der Waals surface area contributed by atoms with Gasteiger partial charge in [0.1, 0.15) is 5.69 Å². The third-order valence-corrected chi connectivity index (χ3v) is 7.23. The van der Waals surface area contributed by atoms with E-state index in [-0.39, 0.29) is 17.6 Å². The van der Waals surface area contributed by atoms with Gasteiger partial charge in [-0.15, -0.1) is 0 Å². The summed E-state index contributed by atoms with van der Waals surface area (Å²) in [5.74, 6) is -2.98. The van der Waals surface area contributed by atoms with E-state index in [9.17, 15) is 24.6 Å². The van der Waals surface area contributed by atoms with Gasteiger partial charge in [-0.3, -0.25) is 9.59 Å². The van der Waals surface area contributed by atoms with Gasteiger partial charge in [0.15, 0.2) is 0 Å². The molecule has 4 atom stereocenters. The first kappa shape index (κ1) is 21.4. The van der Waals surface area contributed by atoms with E-state index in [1.54, 1.807) is 35.9 Å². The summed E-state index contributed by atoms with van der Waals surface area (Å²) in [4.78, 5) is 38.9. The van der Waals surface area contributed by atoms with E-state index in [1.165, 1.54) is 0 Å². The average molecular weight is 428 g/mol. The Balaban J connectivity index is 1.90. The van der Waals surface area contributed by atoms with E-state index in [1.807, 2.05) is 0 Å². The Hall–Kier alpha value is -2.87. The number of benzene rings is 1. The molecule has 2 unspecified atom stereocenters. The fourth-order valence-corrected chi connectivity index (χ4v) is 5.73. The molecule has 1 aromatic heterocycles. The van der Waals surface area contributed by atoms with Crippen LogP contribution in [-0.4, -0.2) is 44.7 Å². The quantitative estimate of drug-likeness (QED) is 0.577. The van der Waals surface area contributed by atoms with Gasteiger partial charge in [0, 0.05) is 23.5 Å². The highest BCUT2D eigenvalue weighted by Gasteiger charge is 2.54. The van der Waals surface area contributed by atoms with Crippen LogP contribution in [0.25, 0.3) is 10.9 Å². The van der Waals surface area contributed by atoms with Crippen LogP contribution in [0, 0.1) is 5.92 Å². The summed E-state index contributed by atoms with van der Waals surface area (Å²) in [6, 6.07) is 6.82. The molecule has 8 heteroatoms. The van der Waals surface area contributed by atoms with Gasteiger partial charge in [-0.1, -0.05) is 31.0 Å². The Labute approximate surface area is 180 Å². The van der Waals surface area contributed by atoms with E-state index in [0.29, 0.717) is 48.6 Å². The number of fused-ring (bicyclic) bond motifs is 1. The van der Waals surface area contributed by atoms with E-state index >= 15 is 0 Å². The minimum absolute atomic E-state index is 0.0133. The van der Waals surface area contributed by atoms with Gasteiger partial charge in [-0.25, -0.2) is 4.79 Å². The summed E-state index contributed by atoms with van der Waals surface area (Å²) >= 11 is 0. The van der Waals surface area contributed by atoms with Crippen molar-refractivity contribution in [1.29, 1.82) is 0 Å². The molecule has 5 N–H and O–H groups in total. The number of carbonyl (C=O) groups is 3. The predicted octanol–water partition coefficient (Wildman–Crippen LogP) is 1.82. The molecule has 166 valence electrons. The zero-order valence-corrected chi connectivity index (χ0v) is 17.6. The number of aromatic carboxylic acids is 1. The number of carbonyl (C=O) groups excluding carboxylic acids is 2. The number of nitrogens with two attached hydrogens (primary N) is 1. The second kappa shape index (κ2) is 8.00. The standard InChI is InChI=1S/C23H29N3O5/c1-26-16-10-3-2-7-13(16)18(19(26)21(29)30)23(22(24)31)12-5-4-8-14(23)20(28)25-15-9-6-11-17(15)27/h2-3,7,10,14-15,17,27H,4-6,8-9,11-12H2,1H3,(H2,24,31)(H,25,28)(H,29,30)/t14-,15?,17?,23-/m0/s1. The second-order valence-corrected chi connectivity index (χ2v) is 8.85. The lowest BCUT2D eigenvalue weighted by molar-refractivity contribution is -0.138. The molecule has 2 aliphatic rings. The Morgan fingerprint density at radius 1 is 1.13 bits per heavy atom. The number of para-hydroxylation sites is 1. The lowest BCUT2D eigenvalue weighted by Crippen LogP contribution is -2.56. The number of nitrogens with zero attached hydrogens (tertiary/aromatic N) is 1. The number of aryl methyl sites for hydroxylation is 1. The molecule has 0 spiro atoms. The number of aromatic nitrogens is 1. The molecule has 0 aliphatic heterocycles. The average Bonchev–Trinajstić information content (AvgIpc) is 3.28. The van der Waals surface area contributed by atoms with Crippen LogP contribution in [0.1, 0.15) is 61.0 Å². The zero-order valence-electron chi connectivity index (χ0n) is 17.6. The minimum atomic E-state index is -1.43. The molecule has 1 aromatic carbocycles. The summed E-state index contributed by atoms with van der Waals surface area (Å²) in [6.07, 6.45) is 3.67. The maximum Gasteiger partial charge on any atom is 0.352 e. The number of aliphatic hydroxyl groups excluding tert-OH is 1. The van der Waals surface area contributed by atoms with Crippen LogP contribution in [0.2, 0.25) is 0 Å². The van der Waals surface area contributed by atoms with Gasteiger partial charge >= 0.3 is 5.97 Å². The fraction of sp³-hybridized carbons (Fsp3) is 0.522. The van der Waals surface area contributed by atoms with Crippen LogP contribution in [0.3, 0.4) is 0 Å². The Morgan fingerprint density at radius 2 is 1.87 bits per heavy atom. The van der Waals surface area contributed by atoms with E-state index in [2.05, 4.69) is 5.32 Å². The molecule has 2 aliphatic carbocycles. The molecule has 0 radical (unpaired) electrons. The maximum atomic E-state index is 13.4. The first-order valence-corrected chi connectivity index (χ1v) is 10.9. The van der Waals surface area contributed by atoms with Crippen molar-refractivity contribution in [2.75, 3.05) is 0 Å². The SMILES string of the molecule is Cn1c(C(=O)O)c([C@]2(C(N)=O)CCCC[C@H]2C(=O)NC2CCCC2O)c2ccccc21. The number of primary amides is 1. The van der Waals surface area contributed by atoms with Gasteiger partial charge in [0.2, 0.25) is 11.8 Å². The van der Waals surface area contributed by atoms with Crippen molar-refractivity contribution in [2.45, 2.75) is 62.5 Å². The summed E-state index contributed by atoms with van der Waals surface area (Å²) < 4.78 is 1.56. The summed E-state index contributed by atoms with van der Waals surface area (Å²) in [7, 11) is 1.65. The molecule has 0 bridgehead atoms. The molecular weight excluding hydrogens is 398 g/mol. The summed E-state index contributed by atoms with van der Waals surface area (Å²) in [5, 5.41) is 23.8. The smallest absolute Gasteiger partial charge is 0.352 e. The van der Waals surface area contributed by atoms with Crippen molar-refractivity contribution in [3.8, 4) is 0 Å². The molecule has 31 heavy (non-hydrogen) atoms. The highest BCUT2D eigenvalue weighted by molar-refractivity contribution is 6.06. The van der Waals surface area contributed by atoms with Crippen molar-refractivity contribution in [1.82, 2.24) is 9.88 Å². The molecule has 0 saturated heterocycles. The molecule has 2 saturated carbocycles. The Kier molecular flexibility index (Phi) is 5.51. The van der Waals surface area contributed by atoms with Gasteiger partial charge in [0.05, 0.1) is 23.5 Å². The van der Waals surface area contributed by atoms with Crippen LogP contribution in [-0.2, 0) is 22.1 Å². The van der Waals surface area contributed by atoms with Crippen LogP contribution < -0.4 is 11.1 Å². The number of carboxylic acid groups (broad SMARTS) is 1. The summed E-state index contributed by atoms with van der Waals surface area (Å²) in [6.45, 7) is 0. The van der Waals surface area contributed by atoms with Crippen LogP contribution in [0.15, 0.2) is 24.3 Å². The van der Waals surface area contributed by atoms with E-state index in [0.717, 1.165) is 12.8 Å². The number of rotatable bonds is 5. The van der Waals surface area contributed by atoms with Crippen LogP contribution >= 0.6 is 0 Å². The van der Waals surface area contributed by atoms with Gasteiger partial charge in [0.25, 0.3) is 0 Å². The number of aliphatic hydroxyl groups is 1. The highest BCUT2D eigenvalue weighted by atomic mass is 16.4. The molecule has 1 heterocycles. The third kappa shape index (κ3) is 3.29. The Morgan fingerprint density at radius 3 is 2.52 bits per heavy atom. The molecule has 2 amide bonds. The lowest BCUT2D eigenvalue weighted by Gasteiger charge is -2.42. The molecule has 2 aromatic rings. The Bertz CT molecular complexity index is 1050. The minimum Gasteiger partial charge on any atom is -0.477 e. The van der Waals surface area contributed by atoms with Gasteiger partial charge in [-0.05, 0) is 38.2 Å². The number of nitrogens with one attached hydrogen (secondary N) is 1. The fourth-order valence-electron chi connectivity index (χ4n) is 5.73. The van der Waals surface area contributed by atoms with Crippen LogP contribution in [0.4, 0.5) is 0 Å². The predicted molar refractivity (Wildman–Crippen MR) is 114 cm³/mol. The van der Waals surface area contributed by atoms with E-state index < -0.39 is 29.3 Å². The number of hydrogen-bond donors (Lipinski definition) is 4. The number of carboxylic acids is 1. The van der Waals surface area contributed by atoms with Gasteiger partial charge in [-0.2, -0.15) is 0 Å². The number of amides is 2. The molecular formula is C23H29N3O5.